The molecule has 0 saturated carbocycles. The van der Waals surface area contributed by atoms with Crippen LogP contribution in [0.5, 0.6) is 0 Å². The Hall–Kier alpha value is -3.94. The number of para-hydroxylation sites is 1. The number of hydrogen-bond donors (Lipinski definition) is 6. The summed E-state index contributed by atoms with van der Waals surface area (Å²) >= 11 is 0. The summed E-state index contributed by atoms with van der Waals surface area (Å²) in [6, 6.07) is 16.3. The number of barbiturate groups is 1. The molecule has 0 spiro atoms. The number of nitrogens with one attached hydrogen (secondary N) is 2. The fraction of sp³-hybridized carbons (Fsp3) is 0.333. The number of ether oxygens (including phenoxy) is 1. The third kappa shape index (κ3) is 5.20. The minimum atomic E-state index is -1.54. The Morgan fingerprint density at radius 1 is 0.846 bits per heavy atom. The molecule has 0 aliphatic carbocycles. The molecule has 12 heteroatoms. The van der Waals surface area contributed by atoms with Crippen molar-refractivity contribution in [1.29, 1.82) is 0 Å². The van der Waals surface area contributed by atoms with Gasteiger partial charge in [0.1, 0.15) is 36.1 Å². The van der Waals surface area contributed by atoms with Crippen LogP contribution in [-0.4, -0.2) is 69.3 Å². The number of aliphatic hydroxyl groups is 4. The van der Waals surface area contributed by atoms with Crippen molar-refractivity contribution in [3.05, 3.63) is 82.2 Å². The van der Waals surface area contributed by atoms with Crippen LogP contribution >= 0.6 is 0 Å². The molecule has 6 N–H and O–H groups in total. The number of aliphatic hydroxyl groups excluding tert-OH is 4. The lowest BCUT2D eigenvalue weighted by atomic mass is 9.75. The lowest BCUT2D eigenvalue weighted by molar-refractivity contribution is -0.232. The number of imide groups is 2. The second-order valence-corrected chi connectivity index (χ2v) is 9.14. The van der Waals surface area contributed by atoms with Gasteiger partial charge in [0, 0.05) is 5.39 Å². The average Bonchev–Trinajstić information content (AvgIpc) is 2.93. The van der Waals surface area contributed by atoms with E-state index in [1.54, 1.807) is 61.5 Å². The van der Waals surface area contributed by atoms with Gasteiger partial charge in [-0.05, 0) is 24.1 Å². The number of carbonyl (C=O) groups excluding carboxylic acids is 3. The van der Waals surface area contributed by atoms with Crippen molar-refractivity contribution in [2.45, 2.75) is 49.3 Å². The molecule has 5 rings (SSSR count). The van der Waals surface area contributed by atoms with E-state index in [2.05, 4.69) is 10.6 Å². The SMILES string of the molecule is CCC1(c2ccccc2)C(=O)NC(=O)NC1=O.O=c1oc2ccccc2cc1[C@@H]1O[C@H](CO)[C@H](O)[C@H](O)[C@H]1O. The van der Waals surface area contributed by atoms with E-state index in [4.69, 9.17) is 9.15 Å². The van der Waals surface area contributed by atoms with Crippen LogP contribution < -0.4 is 16.3 Å². The highest BCUT2D eigenvalue weighted by atomic mass is 16.5. The van der Waals surface area contributed by atoms with Gasteiger partial charge in [-0.15, -0.1) is 0 Å². The lowest BCUT2D eigenvalue weighted by Crippen LogP contribution is -2.64. The number of benzene rings is 2. The number of rotatable bonds is 4. The summed E-state index contributed by atoms with van der Waals surface area (Å²) in [5.41, 5.74) is -1.01. The standard InChI is InChI=1S/C15H16O7.C12H12N2O3/c16-6-10-11(17)12(18)13(19)14(21-10)8-5-7-3-1-2-4-9(7)22-15(8)20;1-2-12(8-6-4-3-5-7-8)9(15)13-11(17)14-10(12)16/h1-5,10-14,16-19H,6H2;3-7H,2H2,1H3,(H2,13,14,15,16,17)/t10-,11+,12+,13-,14+;/m1./s1. The summed E-state index contributed by atoms with van der Waals surface area (Å²) in [7, 11) is 0. The predicted octanol–water partition coefficient (Wildman–Crippen LogP) is 0.00830. The minimum absolute atomic E-state index is 0.0237. The van der Waals surface area contributed by atoms with Crippen molar-refractivity contribution in [3.63, 3.8) is 0 Å². The predicted molar refractivity (Wildman–Crippen MR) is 135 cm³/mol. The van der Waals surface area contributed by atoms with E-state index in [1.165, 1.54) is 6.07 Å². The van der Waals surface area contributed by atoms with Gasteiger partial charge in [-0.3, -0.25) is 20.2 Å². The molecule has 3 aromatic rings. The topological polar surface area (TPSA) is 196 Å². The summed E-state index contributed by atoms with van der Waals surface area (Å²) in [5.74, 6) is -1.14. The molecule has 2 aliphatic rings. The second kappa shape index (κ2) is 11.4. The Bertz CT molecular complexity index is 1400. The molecule has 2 aliphatic heterocycles. The van der Waals surface area contributed by atoms with E-state index < -0.39 is 66.0 Å². The molecular weight excluding hydrogens is 512 g/mol. The molecule has 2 aromatic carbocycles. The van der Waals surface area contributed by atoms with Gasteiger partial charge >= 0.3 is 11.7 Å². The lowest BCUT2D eigenvalue weighted by Gasteiger charge is -2.39. The van der Waals surface area contributed by atoms with Gasteiger partial charge in [0.05, 0.1) is 12.2 Å². The maximum absolute atomic E-state index is 12.1. The molecule has 2 fully saturated rings. The summed E-state index contributed by atoms with van der Waals surface area (Å²) < 4.78 is 10.5. The fourth-order valence-electron chi connectivity index (χ4n) is 4.70. The second-order valence-electron chi connectivity index (χ2n) is 9.14. The minimum Gasteiger partial charge on any atom is -0.422 e. The number of carbonyl (C=O) groups is 3. The molecule has 5 atom stereocenters. The molecule has 2 saturated heterocycles. The largest absolute Gasteiger partial charge is 0.422 e. The molecule has 3 heterocycles. The average molecular weight is 541 g/mol. The highest BCUT2D eigenvalue weighted by Crippen LogP contribution is 2.32. The first-order valence-corrected chi connectivity index (χ1v) is 12.2. The summed E-state index contributed by atoms with van der Waals surface area (Å²) in [4.78, 5) is 47.1. The van der Waals surface area contributed by atoms with Crippen LogP contribution in [0.3, 0.4) is 0 Å². The van der Waals surface area contributed by atoms with E-state index in [9.17, 15) is 39.6 Å². The third-order valence-electron chi connectivity index (χ3n) is 6.89. The van der Waals surface area contributed by atoms with E-state index in [0.29, 0.717) is 23.0 Å². The zero-order valence-corrected chi connectivity index (χ0v) is 20.8. The monoisotopic (exact) mass is 540 g/mol. The van der Waals surface area contributed by atoms with Gasteiger partial charge in [-0.2, -0.15) is 0 Å². The smallest absolute Gasteiger partial charge is 0.342 e. The van der Waals surface area contributed by atoms with Crippen LogP contribution in [0.1, 0.15) is 30.6 Å². The molecule has 12 nitrogen and oxygen atoms in total. The Kier molecular flexibility index (Phi) is 8.23. The van der Waals surface area contributed by atoms with Crippen molar-refractivity contribution in [3.8, 4) is 0 Å². The van der Waals surface area contributed by atoms with Crippen LogP contribution in [0.15, 0.2) is 69.9 Å². The first-order chi connectivity index (χ1) is 18.6. The van der Waals surface area contributed by atoms with Crippen LogP contribution in [0, 0.1) is 0 Å². The van der Waals surface area contributed by atoms with Crippen molar-refractivity contribution in [1.82, 2.24) is 10.6 Å². The summed E-state index contributed by atoms with van der Waals surface area (Å²) in [6.45, 7) is 1.18. The van der Waals surface area contributed by atoms with Gasteiger partial charge in [-0.25, -0.2) is 9.59 Å². The van der Waals surface area contributed by atoms with Crippen molar-refractivity contribution in [2.75, 3.05) is 6.61 Å². The van der Waals surface area contributed by atoms with Gasteiger partial charge in [0.25, 0.3) is 0 Å². The first-order valence-electron chi connectivity index (χ1n) is 12.2. The van der Waals surface area contributed by atoms with Gasteiger partial charge in [-0.1, -0.05) is 55.5 Å². The quantitative estimate of drug-likeness (QED) is 0.194. The summed E-state index contributed by atoms with van der Waals surface area (Å²) in [5, 5.41) is 43.8. The van der Waals surface area contributed by atoms with E-state index in [-0.39, 0.29) is 5.56 Å². The van der Waals surface area contributed by atoms with Gasteiger partial charge in [0.2, 0.25) is 11.8 Å². The molecule has 1 aromatic heterocycles. The number of hydrogen-bond acceptors (Lipinski definition) is 10. The number of amides is 4. The van der Waals surface area contributed by atoms with Crippen LogP contribution in [0.25, 0.3) is 11.0 Å². The Balaban J connectivity index is 0.000000187. The highest BCUT2D eigenvalue weighted by Gasteiger charge is 2.50. The van der Waals surface area contributed by atoms with Crippen molar-refractivity contribution < 1.29 is 44.0 Å². The maximum Gasteiger partial charge on any atom is 0.342 e. The molecule has 39 heavy (non-hydrogen) atoms. The molecule has 206 valence electrons. The molecule has 0 bridgehead atoms. The third-order valence-corrected chi connectivity index (χ3v) is 6.89. The van der Waals surface area contributed by atoms with Crippen LogP contribution in [0.4, 0.5) is 4.79 Å². The number of urea groups is 1. The normalized spacial score (nSPS) is 26.3. The van der Waals surface area contributed by atoms with Crippen LogP contribution in [-0.2, 0) is 19.7 Å². The molecule has 0 radical (unpaired) electrons. The Morgan fingerprint density at radius 3 is 2.08 bits per heavy atom. The zero-order chi connectivity index (χ0) is 28.3. The Morgan fingerprint density at radius 2 is 1.46 bits per heavy atom. The Labute approximate surface area is 221 Å². The van der Waals surface area contributed by atoms with Gasteiger partial charge in [0.15, 0.2) is 5.41 Å². The number of fused-ring (bicyclic) bond motifs is 1. The molecule has 0 unspecified atom stereocenters. The van der Waals surface area contributed by atoms with Crippen molar-refractivity contribution >= 4 is 28.8 Å². The van der Waals surface area contributed by atoms with Gasteiger partial charge < -0.3 is 29.6 Å². The fourth-order valence-corrected chi connectivity index (χ4v) is 4.70. The van der Waals surface area contributed by atoms with E-state index in [1.807, 2.05) is 0 Å². The first kappa shape index (κ1) is 28.1. The molecule has 4 amide bonds. The summed E-state index contributed by atoms with van der Waals surface area (Å²) in [6.07, 6.45) is -6.50. The maximum atomic E-state index is 12.1. The highest BCUT2D eigenvalue weighted by molar-refractivity contribution is 6.22. The van der Waals surface area contributed by atoms with E-state index in [0.717, 1.165) is 0 Å². The van der Waals surface area contributed by atoms with Crippen LogP contribution in [0.2, 0.25) is 0 Å². The zero-order valence-electron chi connectivity index (χ0n) is 20.8. The van der Waals surface area contributed by atoms with E-state index >= 15 is 0 Å². The van der Waals surface area contributed by atoms with Crippen molar-refractivity contribution in [2.24, 2.45) is 0 Å². The molecular formula is C27H28N2O10.